The SMILES string of the molecule is CN(CCc1cccnc1)c1ncc(CN)s1. The minimum absolute atomic E-state index is 0.564. The van der Waals surface area contributed by atoms with Gasteiger partial charge in [-0.25, -0.2) is 4.98 Å². The number of aromatic nitrogens is 2. The van der Waals surface area contributed by atoms with Crippen LogP contribution in [0.1, 0.15) is 10.4 Å². The van der Waals surface area contributed by atoms with Crippen LogP contribution in [0, 0.1) is 0 Å². The molecule has 0 aliphatic rings. The third kappa shape index (κ3) is 3.25. The zero-order chi connectivity index (χ0) is 12.1. The summed E-state index contributed by atoms with van der Waals surface area (Å²) < 4.78 is 0. The zero-order valence-electron chi connectivity index (χ0n) is 9.84. The van der Waals surface area contributed by atoms with Crippen molar-refractivity contribution in [2.24, 2.45) is 5.73 Å². The van der Waals surface area contributed by atoms with Gasteiger partial charge in [0.2, 0.25) is 0 Å². The summed E-state index contributed by atoms with van der Waals surface area (Å²) in [5, 5.41) is 1.02. The van der Waals surface area contributed by atoms with E-state index in [0.717, 1.165) is 23.0 Å². The van der Waals surface area contributed by atoms with Crippen molar-refractivity contribution in [2.75, 3.05) is 18.5 Å². The van der Waals surface area contributed by atoms with Crippen molar-refractivity contribution in [2.45, 2.75) is 13.0 Å². The molecule has 90 valence electrons. The van der Waals surface area contributed by atoms with Gasteiger partial charge in [-0.3, -0.25) is 4.98 Å². The molecule has 0 amide bonds. The average molecular weight is 248 g/mol. The Labute approximate surface area is 105 Å². The lowest BCUT2D eigenvalue weighted by molar-refractivity contribution is 0.867. The highest BCUT2D eigenvalue weighted by molar-refractivity contribution is 7.15. The molecule has 0 fully saturated rings. The fourth-order valence-electron chi connectivity index (χ4n) is 1.51. The first kappa shape index (κ1) is 12.0. The zero-order valence-corrected chi connectivity index (χ0v) is 10.7. The number of hydrogen-bond acceptors (Lipinski definition) is 5. The Bertz CT molecular complexity index is 455. The first-order valence-electron chi connectivity index (χ1n) is 5.54. The molecule has 0 radical (unpaired) electrons. The number of likely N-dealkylation sites (N-methyl/N-ethyl adjacent to an activating group) is 1. The van der Waals surface area contributed by atoms with Crippen LogP contribution in [0.25, 0.3) is 0 Å². The van der Waals surface area contributed by atoms with Crippen molar-refractivity contribution in [1.29, 1.82) is 0 Å². The Morgan fingerprint density at radius 3 is 2.94 bits per heavy atom. The quantitative estimate of drug-likeness (QED) is 0.874. The molecule has 17 heavy (non-hydrogen) atoms. The summed E-state index contributed by atoms with van der Waals surface area (Å²) in [5.74, 6) is 0. The summed E-state index contributed by atoms with van der Waals surface area (Å²) in [6.45, 7) is 1.50. The number of pyridine rings is 1. The number of thiazole rings is 1. The van der Waals surface area contributed by atoms with E-state index in [-0.39, 0.29) is 0 Å². The molecule has 5 heteroatoms. The molecular formula is C12H16N4S. The van der Waals surface area contributed by atoms with Crippen LogP contribution >= 0.6 is 11.3 Å². The van der Waals surface area contributed by atoms with E-state index in [1.54, 1.807) is 17.5 Å². The summed E-state index contributed by atoms with van der Waals surface area (Å²) in [5.41, 5.74) is 6.82. The van der Waals surface area contributed by atoms with E-state index in [1.807, 2.05) is 18.5 Å². The summed E-state index contributed by atoms with van der Waals surface area (Å²) in [6.07, 6.45) is 6.52. The number of hydrogen-bond donors (Lipinski definition) is 1. The average Bonchev–Trinajstić information content (AvgIpc) is 2.86. The van der Waals surface area contributed by atoms with E-state index in [0.29, 0.717) is 6.54 Å². The van der Waals surface area contributed by atoms with Gasteiger partial charge in [0.15, 0.2) is 5.13 Å². The lowest BCUT2D eigenvalue weighted by atomic mass is 10.2. The fourth-order valence-corrected chi connectivity index (χ4v) is 2.28. The maximum atomic E-state index is 5.57. The minimum Gasteiger partial charge on any atom is -0.351 e. The van der Waals surface area contributed by atoms with Crippen LogP contribution in [0.2, 0.25) is 0 Å². The Kier molecular flexibility index (Phi) is 4.06. The highest BCUT2D eigenvalue weighted by Gasteiger charge is 2.06. The summed E-state index contributed by atoms with van der Waals surface area (Å²) in [7, 11) is 2.05. The topological polar surface area (TPSA) is 55.0 Å². The summed E-state index contributed by atoms with van der Waals surface area (Å²) in [6, 6.07) is 4.05. The third-order valence-electron chi connectivity index (χ3n) is 2.53. The standard InChI is InChI=1S/C12H16N4S/c1-16(12-15-9-11(7-13)17-12)6-4-10-3-2-5-14-8-10/h2-3,5,8-9H,4,6-7,13H2,1H3. The molecule has 0 bridgehead atoms. The van der Waals surface area contributed by atoms with Crippen LogP contribution in [-0.2, 0) is 13.0 Å². The molecule has 0 aliphatic heterocycles. The monoisotopic (exact) mass is 248 g/mol. The molecular weight excluding hydrogens is 232 g/mol. The molecule has 2 N–H and O–H groups in total. The predicted molar refractivity (Wildman–Crippen MR) is 71.2 cm³/mol. The van der Waals surface area contributed by atoms with Crippen LogP contribution in [-0.4, -0.2) is 23.6 Å². The molecule has 2 aromatic heterocycles. The molecule has 0 saturated carbocycles. The van der Waals surface area contributed by atoms with Gasteiger partial charge in [0.25, 0.3) is 0 Å². The predicted octanol–water partition coefficient (Wildman–Crippen LogP) is 1.68. The maximum absolute atomic E-state index is 5.57. The van der Waals surface area contributed by atoms with Gasteiger partial charge in [-0.2, -0.15) is 0 Å². The molecule has 0 spiro atoms. The number of nitrogens with zero attached hydrogens (tertiary/aromatic N) is 3. The van der Waals surface area contributed by atoms with Gasteiger partial charge in [0.1, 0.15) is 0 Å². The normalized spacial score (nSPS) is 10.5. The Balaban J connectivity index is 1.91. The van der Waals surface area contributed by atoms with Crippen LogP contribution in [0.3, 0.4) is 0 Å². The Morgan fingerprint density at radius 1 is 1.41 bits per heavy atom. The summed E-state index contributed by atoms with van der Waals surface area (Å²) in [4.78, 5) is 11.7. The van der Waals surface area contributed by atoms with Crippen molar-refractivity contribution in [3.63, 3.8) is 0 Å². The van der Waals surface area contributed by atoms with Gasteiger partial charge < -0.3 is 10.6 Å². The van der Waals surface area contributed by atoms with E-state index >= 15 is 0 Å². The van der Waals surface area contributed by atoms with Gasteiger partial charge in [-0.15, -0.1) is 11.3 Å². The fraction of sp³-hybridized carbons (Fsp3) is 0.333. The first-order valence-corrected chi connectivity index (χ1v) is 6.36. The van der Waals surface area contributed by atoms with Crippen molar-refractivity contribution >= 4 is 16.5 Å². The lowest BCUT2D eigenvalue weighted by Gasteiger charge is -2.15. The molecule has 2 aromatic rings. The molecule has 4 nitrogen and oxygen atoms in total. The van der Waals surface area contributed by atoms with Gasteiger partial charge in [-0.1, -0.05) is 6.07 Å². The van der Waals surface area contributed by atoms with Crippen molar-refractivity contribution in [3.05, 3.63) is 41.2 Å². The number of anilines is 1. The molecule has 2 rings (SSSR count). The van der Waals surface area contributed by atoms with E-state index in [1.165, 1.54) is 5.56 Å². The van der Waals surface area contributed by atoms with Crippen LogP contribution in [0.15, 0.2) is 30.7 Å². The molecule has 0 unspecified atom stereocenters. The van der Waals surface area contributed by atoms with Gasteiger partial charge in [-0.05, 0) is 18.1 Å². The van der Waals surface area contributed by atoms with E-state index < -0.39 is 0 Å². The van der Waals surface area contributed by atoms with E-state index in [4.69, 9.17) is 5.73 Å². The van der Waals surface area contributed by atoms with Crippen molar-refractivity contribution in [1.82, 2.24) is 9.97 Å². The van der Waals surface area contributed by atoms with Crippen LogP contribution < -0.4 is 10.6 Å². The maximum Gasteiger partial charge on any atom is 0.185 e. The molecule has 0 atom stereocenters. The van der Waals surface area contributed by atoms with E-state index in [9.17, 15) is 0 Å². The van der Waals surface area contributed by atoms with Gasteiger partial charge in [0, 0.05) is 43.6 Å². The highest BCUT2D eigenvalue weighted by atomic mass is 32.1. The Hall–Kier alpha value is -1.46. The minimum atomic E-state index is 0.564. The largest absolute Gasteiger partial charge is 0.351 e. The lowest BCUT2D eigenvalue weighted by Crippen LogP contribution is -2.19. The molecule has 2 heterocycles. The van der Waals surface area contributed by atoms with Crippen LogP contribution in [0.5, 0.6) is 0 Å². The van der Waals surface area contributed by atoms with Gasteiger partial charge in [0.05, 0.1) is 0 Å². The Morgan fingerprint density at radius 2 is 2.29 bits per heavy atom. The highest BCUT2D eigenvalue weighted by Crippen LogP contribution is 2.20. The number of rotatable bonds is 5. The van der Waals surface area contributed by atoms with Crippen molar-refractivity contribution < 1.29 is 0 Å². The van der Waals surface area contributed by atoms with E-state index in [2.05, 4.69) is 28.0 Å². The first-order chi connectivity index (χ1) is 8.29. The van der Waals surface area contributed by atoms with Gasteiger partial charge >= 0.3 is 0 Å². The number of nitrogens with two attached hydrogens (primary N) is 1. The van der Waals surface area contributed by atoms with Crippen LogP contribution in [0.4, 0.5) is 5.13 Å². The summed E-state index contributed by atoms with van der Waals surface area (Å²) >= 11 is 1.65. The molecule has 0 aliphatic carbocycles. The molecule has 0 saturated heterocycles. The smallest absolute Gasteiger partial charge is 0.185 e. The second-order valence-electron chi connectivity index (χ2n) is 3.85. The second kappa shape index (κ2) is 5.75. The second-order valence-corrected chi connectivity index (χ2v) is 4.94. The van der Waals surface area contributed by atoms with Crippen molar-refractivity contribution in [3.8, 4) is 0 Å². The molecule has 0 aromatic carbocycles. The third-order valence-corrected chi connectivity index (χ3v) is 3.66.